The lowest BCUT2D eigenvalue weighted by Crippen LogP contribution is -2.09. The highest BCUT2D eigenvalue weighted by Gasteiger charge is 2.04. The highest BCUT2D eigenvalue weighted by molar-refractivity contribution is 6.32. The van der Waals surface area contributed by atoms with Crippen molar-refractivity contribution in [2.75, 3.05) is 20.3 Å². The third-order valence-electron chi connectivity index (χ3n) is 2.72. The van der Waals surface area contributed by atoms with Gasteiger partial charge in [-0.25, -0.2) is 4.79 Å². The predicted molar refractivity (Wildman–Crippen MR) is 80.2 cm³/mol. The van der Waals surface area contributed by atoms with Crippen molar-refractivity contribution < 1.29 is 19.0 Å². The number of methoxy groups -OCH3 is 1. The minimum absolute atomic E-state index is 0.372. The number of para-hydroxylation sites is 1. The lowest BCUT2D eigenvalue weighted by atomic mass is 10.2. The van der Waals surface area contributed by atoms with Crippen molar-refractivity contribution in [2.45, 2.75) is 0 Å². The van der Waals surface area contributed by atoms with Crippen molar-refractivity contribution in [3.63, 3.8) is 0 Å². The molecule has 0 saturated carbocycles. The summed E-state index contributed by atoms with van der Waals surface area (Å²) >= 11 is 5.97. The molecule has 0 aliphatic heterocycles. The van der Waals surface area contributed by atoms with E-state index in [9.17, 15) is 4.79 Å². The maximum atomic E-state index is 11.3. The van der Waals surface area contributed by atoms with Gasteiger partial charge in [0.1, 0.15) is 24.7 Å². The van der Waals surface area contributed by atoms with Gasteiger partial charge in [0.25, 0.3) is 0 Å². The van der Waals surface area contributed by atoms with E-state index < -0.39 is 0 Å². The van der Waals surface area contributed by atoms with Crippen molar-refractivity contribution in [1.29, 1.82) is 0 Å². The Morgan fingerprint density at radius 2 is 1.67 bits per heavy atom. The van der Waals surface area contributed by atoms with E-state index in [-0.39, 0.29) is 5.97 Å². The molecule has 0 bridgehead atoms. The van der Waals surface area contributed by atoms with Gasteiger partial charge in [-0.05, 0) is 36.4 Å². The van der Waals surface area contributed by atoms with E-state index >= 15 is 0 Å². The molecule has 0 aliphatic carbocycles. The van der Waals surface area contributed by atoms with Crippen molar-refractivity contribution in [3.05, 3.63) is 59.1 Å². The van der Waals surface area contributed by atoms with Crippen LogP contribution in [0.5, 0.6) is 11.5 Å². The zero-order valence-electron chi connectivity index (χ0n) is 11.5. The minimum atomic E-state index is -0.372. The lowest BCUT2D eigenvalue weighted by molar-refractivity contribution is 0.0600. The quantitative estimate of drug-likeness (QED) is 0.604. The van der Waals surface area contributed by atoms with Gasteiger partial charge >= 0.3 is 5.97 Å². The summed E-state index contributed by atoms with van der Waals surface area (Å²) in [5, 5.41) is 0.569. The highest BCUT2D eigenvalue weighted by Crippen LogP contribution is 2.22. The Kier molecular flexibility index (Phi) is 5.46. The fourth-order valence-electron chi connectivity index (χ4n) is 1.68. The number of esters is 1. The zero-order chi connectivity index (χ0) is 15.1. The SMILES string of the molecule is COC(=O)c1ccc(OCCOc2ccccc2Cl)cc1. The van der Waals surface area contributed by atoms with Gasteiger partial charge in [0.15, 0.2) is 0 Å². The van der Waals surface area contributed by atoms with E-state index in [1.807, 2.05) is 12.1 Å². The van der Waals surface area contributed by atoms with Crippen LogP contribution < -0.4 is 9.47 Å². The summed E-state index contributed by atoms with van der Waals surface area (Å²) in [4.78, 5) is 11.3. The summed E-state index contributed by atoms with van der Waals surface area (Å²) in [6, 6.07) is 14.0. The number of hydrogen-bond acceptors (Lipinski definition) is 4. The number of ether oxygens (including phenoxy) is 3. The molecule has 5 heteroatoms. The Morgan fingerprint density at radius 3 is 2.33 bits per heavy atom. The summed E-state index contributed by atoms with van der Waals surface area (Å²) in [7, 11) is 1.35. The molecule has 0 atom stereocenters. The summed E-state index contributed by atoms with van der Waals surface area (Å²) in [6.45, 7) is 0.755. The molecule has 110 valence electrons. The number of rotatable bonds is 6. The van der Waals surface area contributed by atoms with Crippen LogP contribution in [0.1, 0.15) is 10.4 Å². The van der Waals surface area contributed by atoms with Gasteiger partial charge in [0.05, 0.1) is 17.7 Å². The van der Waals surface area contributed by atoms with Crippen LogP contribution in [-0.2, 0) is 4.74 Å². The molecule has 0 radical (unpaired) electrons. The van der Waals surface area contributed by atoms with E-state index in [0.29, 0.717) is 35.3 Å². The largest absolute Gasteiger partial charge is 0.490 e. The molecule has 0 unspecified atom stereocenters. The molecular weight excluding hydrogens is 292 g/mol. The zero-order valence-corrected chi connectivity index (χ0v) is 12.3. The first kappa shape index (κ1) is 15.2. The molecule has 21 heavy (non-hydrogen) atoms. The number of benzene rings is 2. The average molecular weight is 307 g/mol. The van der Waals surface area contributed by atoms with Crippen molar-refractivity contribution >= 4 is 17.6 Å². The lowest BCUT2D eigenvalue weighted by Gasteiger charge is -2.09. The van der Waals surface area contributed by atoms with Crippen LogP contribution in [0.2, 0.25) is 5.02 Å². The van der Waals surface area contributed by atoms with Crippen molar-refractivity contribution in [1.82, 2.24) is 0 Å². The number of carbonyl (C=O) groups excluding carboxylic acids is 1. The monoisotopic (exact) mass is 306 g/mol. The molecule has 2 aromatic rings. The Balaban J connectivity index is 1.79. The fourth-order valence-corrected chi connectivity index (χ4v) is 1.87. The van der Waals surface area contributed by atoms with Crippen molar-refractivity contribution in [2.24, 2.45) is 0 Å². The second-order valence-corrected chi connectivity index (χ2v) is 4.55. The maximum absolute atomic E-state index is 11.3. The molecule has 2 rings (SSSR count). The summed E-state index contributed by atoms with van der Waals surface area (Å²) < 4.78 is 15.6. The molecule has 2 aromatic carbocycles. The van der Waals surface area contributed by atoms with Gasteiger partial charge in [-0.15, -0.1) is 0 Å². The normalized spacial score (nSPS) is 10.0. The van der Waals surface area contributed by atoms with Crippen LogP contribution in [0.3, 0.4) is 0 Å². The van der Waals surface area contributed by atoms with E-state index in [2.05, 4.69) is 4.74 Å². The molecule has 0 N–H and O–H groups in total. The standard InChI is InChI=1S/C16H15ClO4/c1-19-16(18)12-6-8-13(9-7-12)20-10-11-21-15-5-3-2-4-14(15)17/h2-9H,10-11H2,1H3. The van der Waals surface area contributed by atoms with E-state index in [1.165, 1.54) is 7.11 Å². The first-order valence-corrected chi connectivity index (χ1v) is 6.77. The van der Waals surface area contributed by atoms with E-state index in [4.69, 9.17) is 21.1 Å². The molecule has 4 nitrogen and oxygen atoms in total. The second kappa shape index (κ2) is 7.55. The van der Waals surface area contributed by atoms with E-state index in [0.717, 1.165) is 0 Å². The van der Waals surface area contributed by atoms with Gasteiger partial charge in [0.2, 0.25) is 0 Å². The van der Waals surface area contributed by atoms with Gasteiger partial charge in [-0.1, -0.05) is 23.7 Å². The van der Waals surface area contributed by atoms with Gasteiger partial charge in [-0.3, -0.25) is 0 Å². The van der Waals surface area contributed by atoms with Gasteiger partial charge in [0, 0.05) is 0 Å². The highest BCUT2D eigenvalue weighted by atomic mass is 35.5. The smallest absolute Gasteiger partial charge is 0.337 e. The molecule has 0 aromatic heterocycles. The summed E-state index contributed by atoms with van der Waals surface area (Å²) in [6.07, 6.45) is 0. The van der Waals surface area contributed by atoms with Gasteiger partial charge in [-0.2, -0.15) is 0 Å². The second-order valence-electron chi connectivity index (χ2n) is 4.14. The molecule has 0 spiro atoms. The Labute approximate surface area is 128 Å². The molecule has 0 amide bonds. The number of halogens is 1. The number of carbonyl (C=O) groups is 1. The molecule has 0 saturated heterocycles. The van der Waals surface area contributed by atoms with Crippen LogP contribution in [-0.4, -0.2) is 26.3 Å². The predicted octanol–water partition coefficient (Wildman–Crippen LogP) is 3.58. The van der Waals surface area contributed by atoms with Crippen LogP contribution in [0, 0.1) is 0 Å². The topological polar surface area (TPSA) is 44.8 Å². The summed E-state index contributed by atoms with van der Waals surface area (Å²) in [5.41, 5.74) is 0.483. The molecule has 0 heterocycles. The Morgan fingerprint density at radius 1 is 1.00 bits per heavy atom. The van der Waals surface area contributed by atoms with Crippen LogP contribution in [0.15, 0.2) is 48.5 Å². The average Bonchev–Trinajstić information content (AvgIpc) is 2.53. The minimum Gasteiger partial charge on any atom is -0.490 e. The Hall–Kier alpha value is -2.20. The van der Waals surface area contributed by atoms with Gasteiger partial charge < -0.3 is 14.2 Å². The first-order valence-electron chi connectivity index (χ1n) is 6.39. The molecular formula is C16H15ClO4. The first-order chi connectivity index (χ1) is 10.2. The Bertz CT molecular complexity index is 595. The fraction of sp³-hybridized carbons (Fsp3) is 0.188. The third kappa shape index (κ3) is 4.39. The molecule has 0 fully saturated rings. The third-order valence-corrected chi connectivity index (χ3v) is 3.03. The molecule has 0 aliphatic rings. The van der Waals surface area contributed by atoms with Crippen molar-refractivity contribution in [3.8, 4) is 11.5 Å². The van der Waals surface area contributed by atoms with Crippen LogP contribution in [0.4, 0.5) is 0 Å². The van der Waals surface area contributed by atoms with E-state index in [1.54, 1.807) is 36.4 Å². The maximum Gasteiger partial charge on any atom is 0.337 e. The number of hydrogen-bond donors (Lipinski definition) is 0. The van der Waals surface area contributed by atoms with Crippen LogP contribution in [0.25, 0.3) is 0 Å². The van der Waals surface area contributed by atoms with Crippen LogP contribution >= 0.6 is 11.6 Å². The summed E-state index contributed by atoms with van der Waals surface area (Å²) in [5.74, 6) is 0.915.